The third-order valence-electron chi connectivity index (χ3n) is 3.43. The van der Waals surface area contributed by atoms with E-state index < -0.39 is 4.92 Å². The van der Waals surface area contributed by atoms with E-state index in [1.165, 1.54) is 30.5 Å². The number of rotatable bonds is 6. The maximum atomic E-state index is 13.1. The van der Waals surface area contributed by atoms with Gasteiger partial charge in [0.15, 0.2) is 0 Å². The van der Waals surface area contributed by atoms with Crippen molar-refractivity contribution >= 4 is 27.8 Å². The van der Waals surface area contributed by atoms with Gasteiger partial charge in [0.05, 0.1) is 4.92 Å². The first-order valence-electron chi connectivity index (χ1n) is 7.47. The van der Waals surface area contributed by atoms with Crippen molar-refractivity contribution in [3.63, 3.8) is 0 Å². The Morgan fingerprint density at radius 3 is 2.85 bits per heavy atom. The summed E-state index contributed by atoms with van der Waals surface area (Å²) in [5.74, 6) is 0.663. The highest BCUT2D eigenvalue weighted by Gasteiger charge is 2.09. The lowest BCUT2D eigenvalue weighted by atomic mass is 10.2. The summed E-state index contributed by atoms with van der Waals surface area (Å²) in [7, 11) is 0. The molecule has 0 bridgehead atoms. The molecule has 3 rings (SSSR count). The smallest absolute Gasteiger partial charge is 0.269 e. The van der Waals surface area contributed by atoms with E-state index in [-0.39, 0.29) is 18.1 Å². The van der Waals surface area contributed by atoms with Crippen molar-refractivity contribution in [2.75, 3.05) is 0 Å². The van der Waals surface area contributed by atoms with Crippen molar-refractivity contribution in [3.05, 3.63) is 86.3 Å². The molecule has 0 atom stereocenters. The average Bonchev–Trinajstić information content (AvgIpc) is 3.07. The Balaban J connectivity index is 1.62. The highest BCUT2D eigenvalue weighted by Crippen LogP contribution is 2.30. The fourth-order valence-electron chi connectivity index (χ4n) is 2.22. The van der Waals surface area contributed by atoms with Crippen LogP contribution in [0.15, 0.2) is 68.6 Å². The van der Waals surface area contributed by atoms with Crippen LogP contribution in [0.25, 0.3) is 11.3 Å². The Labute approximate surface area is 156 Å². The fourth-order valence-corrected chi connectivity index (χ4v) is 2.76. The number of nitrogens with zero attached hydrogens (tertiary/aromatic N) is 2. The van der Waals surface area contributed by atoms with Crippen molar-refractivity contribution in [2.45, 2.75) is 6.61 Å². The number of halogens is 2. The van der Waals surface area contributed by atoms with Gasteiger partial charge in [-0.15, -0.1) is 0 Å². The van der Waals surface area contributed by atoms with Crippen molar-refractivity contribution in [1.29, 1.82) is 0 Å². The number of benzene rings is 2. The van der Waals surface area contributed by atoms with E-state index in [1.54, 1.807) is 30.3 Å². The summed E-state index contributed by atoms with van der Waals surface area (Å²) >= 11 is 3.29. The molecule has 132 valence electrons. The molecule has 1 heterocycles. The van der Waals surface area contributed by atoms with Gasteiger partial charge in [0.2, 0.25) is 0 Å². The first kappa shape index (κ1) is 17.8. The minimum absolute atomic E-state index is 0.00405. The maximum absolute atomic E-state index is 13.1. The van der Waals surface area contributed by atoms with Gasteiger partial charge >= 0.3 is 0 Å². The van der Waals surface area contributed by atoms with E-state index in [9.17, 15) is 14.5 Å². The lowest BCUT2D eigenvalue weighted by molar-refractivity contribution is -0.384. The minimum atomic E-state index is -0.468. The first-order chi connectivity index (χ1) is 12.5. The van der Waals surface area contributed by atoms with Gasteiger partial charge in [-0.25, -0.2) is 4.39 Å². The van der Waals surface area contributed by atoms with Crippen LogP contribution in [0.2, 0.25) is 0 Å². The average molecular weight is 419 g/mol. The lowest BCUT2D eigenvalue weighted by Gasteiger charge is -2.00. The molecule has 3 aromatic rings. The van der Waals surface area contributed by atoms with E-state index in [0.717, 1.165) is 0 Å². The van der Waals surface area contributed by atoms with Gasteiger partial charge in [-0.1, -0.05) is 17.3 Å². The normalized spacial score (nSPS) is 11.0. The highest BCUT2D eigenvalue weighted by atomic mass is 79.9. The molecule has 6 nitrogen and oxygen atoms in total. The Bertz CT molecular complexity index is 971. The van der Waals surface area contributed by atoms with E-state index in [2.05, 4.69) is 21.1 Å². The summed E-state index contributed by atoms with van der Waals surface area (Å²) in [4.78, 5) is 15.4. The molecule has 0 spiro atoms. The Morgan fingerprint density at radius 1 is 1.23 bits per heavy atom. The van der Waals surface area contributed by atoms with Crippen molar-refractivity contribution in [3.8, 4) is 11.3 Å². The van der Waals surface area contributed by atoms with Crippen LogP contribution in [-0.2, 0) is 11.4 Å². The Hall–Kier alpha value is -3.00. The first-order valence-corrected chi connectivity index (χ1v) is 8.26. The quantitative estimate of drug-likeness (QED) is 0.308. The molecule has 0 unspecified atom stereocenters. The molecular weight excluding hydrogens is 407 g/mol. The molecule has 0 saturated carbocycles. The third kappa shape index (κ3) is 4.34. The van der Waals surface area contributed by atoms with E-state index in [0.29, 0.717) is 27.1 Å². The summed E-state index contributed by atoms with van der Waals surface area (Å²) in [5.41, 5.74) is 1.34. The van der Waals surface area contributed by atoms with Crippen LogP contribution in [0.5, 0.6) is 0 Å². The molecule has 0 aliphatic carbocycles. The monoisotopic (exact) mass is 418 g/mol. The largest absolute Gasteiger partial charge is 0.455 e. The third-order valence-corrected chi connectivity index (χ3v) is 4.09. The minimum Gasteiger partial charge on any atom is -0.455 e. The molecule has 26 heavy (non-hydrogen) atoms. The second-order valence-corrected chi connectivity index (χ2v) is 6.12. The van der Waals surface area contributed by atoms with Crippen LogP contribution >= 0.6 is 15.9 Å². The molecule has 2 aromatic carbocycles. The molecule has 0 radical (unpaired) electrons. The number of nitro groups is 1. The molecule has 0 aliphatic heterocycles. The van der Waals surface area contributed by atoms with Crippen molar-refractivity contribution in [2.24, 2.45) is 5.16 Å². The van der Waals surface area contributed by atoms with E-state index >= 15 is 0 Å². The van der Waals surface area contributed by atoms with Gasteiger partial charge in [0.25, 0.3) is 5.69 Å². The van der Waals surface area contributed by atoms with Crippen LogP contribution in [0, 0.1) is 15.9 Å². The maximum Gasteiger partial charge on any atom is 0.269 e. The molecule has 0 fully saturated rings. The molecule has 0 amide bonds. The predicted molar refractivity (Wildman–Crippen MR) is 97.3 cm³/mol. The van der Waals surface area contributed by atoms with Gasteiger partial charge in [-0.05, 0) is 51.8 Å². The van der Waals surface area contributed by atoms with Gasteiger partial charge in [-0.2, -0.15) is 0 Å². The number of nitro benzene ring substituents is 1. The molecule has 1 aromatic heterocycles. The van der Waals surface area contributed by atoms with Gasteiger partial charge in [0.1, 0.15) is 30.2 Å². The summed E-state index contributed by atoms with van der Waals surface area (Å²) in [5, 5.41) is 14.5. The van der Waals surface area contributed by atoms with Crippen molar-refractivity contribution < 1.29 is 18.6 Å². The van der Waals surface area contributed by atoms with E-state index in [1.807, 2.05) is 0 Å². The molecule has 8 heteroatoms. The molecule has 0 aliphatic rings. The molecular formula is C18H12BrFN2O4. The zero-order chi connectivity index (χ0) is 18.5. The van der Waals surface area contributed by atoms with Crippen LogP contribution in [-0.4, -0.2) is 11.1 Å². The summed E-state index contributed by atoms with van der Waals surface area (Å²) in [6.45, 7) is 0.0925. The summed E-state index contributed by atoms with van der Waals surface area (Å²) in [6.07, 6.45) is 1.39. The topological polar surface area (TPSA) is 77.9 Å². The van der Waals surface area contributed by atoms with E-state index in [4.69, 9.17) is 9.25 Å². The van der Waals surface area contributed by atoms with Gasteiger partial charge in [0, 0.05) is 22.2 Å². The van der Waals surface area contributed by atoms with Crippen LogP contribution in [0.4, 0.5) is 10.1 Å². The second-order valence-electron chi connectivity index (χ2n) is 5.26. The Kier molecular flexibility index (Phi) is 5.43. The lowest BCUT2D eigenvalue weighted by Crippen LogP contribution is -1.92. The number of hydrogen-bond donors (Lipinski definition) is 0. The SMILES string of the molecule is O=[N+]([O-])c1cccc(CO/N=C\c2ccc(-c3ccc(F)cc3Br)o2)c1. The summed E-state index contributed by atoms with van der Waals surface area (Å²) < 4.78 is 19.4. The van der Waals surface area contributed by atoms with Crippen LogP contribution in [0.1, 0.15) is 11.3 Å². The zero-order valence-electron chi connectivity index (χ0n) is 13.3. The standard InChI is InChI=1S/C18H12BrFN2O4/c19-17-9-13(20)4-6-16(17)18-7-5-15(26-18)10-21-25-11-12-2-1-3-14(8-12)22(23)24/h1-10H,11H2/b21-10-. The van der Waals surface area contributed by atoms with Crippen molar-refractivity contribution in [1.82, 2.24) is 0 Å². The van der Waals surface area contributed by atoms with Gasteiger partial charge < -0.3 is 9.25 Å². The zero-order valence-corrected chi connectivity index (χ0v) is 14.8. The summed E-state index contributed by atoms with van der Waals surface area (Å²) in [6, 6.07) is 13.9. The number of hydrogen-bond acceptors (Lipinski definition) is 5. The molecule has 0 saturated heterocycles. The second kappa shape index (κ2) is 7.92. The van der Waals surface area contributed by atoms with Gasteiger partial charge in [-0.3, -0.25) is 10.1 Å². The number of non-ortho nitro benzene ring substituents is 1. The van der Waals surface area contributed by atoms with Crippen LogP contribution in [0.3, 0.4) is 0 Å². The molecule has 0 N–H and O–H groups in total. The fraction of sp³-hybridized carbons (Fsp3) is 0.0556. The van der Waals surface area contributed by atoms with Crippen LogP contribution < -0.4 is 0 Å². The highest BCUT2D eigenvalue weighted by molar-refractivity contribution is 9.10. The Morgan fingerprint density at radius 2 is 2.08 bits per heavy atom. The number of oxime groups is 1. The predicted octanol–water partition coefficient (Wildman–Crippen LogP) is 5.31. The number of furan rings is 1.